The van der Waals surface area contributed by atoms with Gasteiger partial charge in [-0.15, -0.1) is 0 Å². The molecule has 0 bridgehead atoms. The van der Waals surface area contributed by atoms with Crippen molar-refractivity contribution in [3.05, 3.63) is 53.3 Å². The van der Waals surface area contributed by atoms with E-state index in [0.29, 0.717) is 12.1 Å². The van der Waals surface area contributed by atoms with Gasteiger partial charge in [0.2, 0.25) is 0 Å². The van der Waals surface area contributed by atoms with Crippen molar-refractivity contribution in [2.24, 2.45) is 0 Å². The van der Waals surface area contributed by atoms with Crippen LogP contribution in [-0.4, -0.2) is 17.0 Å². The molecule has 0 spiro atoms. The lowest BCUT2D eigenvalue weighted by atomic mass is 10.1. The molecular weight excluding hydrogens is 262 g/mol. The van der Waals surface area contributed by atoms with Gasteiger partial charge in [0, 0.05) is 43.3 Å². The van der Waals surface area contributed by atoms with E-state index in [9.17, 15) is 4.79 Å². The van der Waals surface area contributed by atoms with Crippen molar-refractivity contribution in [1.82, 2.24) is 9.88 Å². The smallest absolute Gasteiger partial charge is 0.251 e. The standard InChI is InChI=1S/C17H23N3O/c1-4-18-17(21)15-7-6-13(3)16(10-15)19-11-14-8-9-20(5-2)12-14/h6-10,12,19H,4-5,11H2,1-3H3,(H,18,21). The number of rotatable bonds is 6. The fourth-order valence-electron chi connectivity index (χ4n) is 2.21. The molecule has 0 atom stereocenters. The second-order valence-electron chi connectivity index (χ2n) is 5.09. The van der Waals surface area contributed by atoms with Crippen LogP contribution in [0.5, 0.6) is 0 Å². The summed E-state index contributed by atoms with van der Waals surface area (Å²) in [6.45, 7) is 8.46. The number of hydrogen-bond donors (Lipinski definition) is 2. The maximum Gasteiger partial charge on any atom is 0.251 e. The molecule has 1 amide bonds. The number of nitrogens with zero attached hydrogens (tertiary/aromatic N) is 1. The molecule has 4 nitrogen and oxygen atoms in total. The van der Waals surface area contributed by atoms with E-state index in [-0.39, 0.29) is 5.91 Å². The van der Waals surface area contributed by atoms with E-state index in [1.165, 1.54) is 5.56 Å². The summed E-state index contributed by atoms with van der Waals surface area (Å²) in [6, 6.07) is 7.86. The fraction of sp³-hybridized carbons (Fsp3) is 0.353. The average Bonchev–Trinajstić information content (AvgIpc) is 2.94. The first-order valence-electron chi connectivity index (χ1n) is 7.41. The summed E-state index contributed by atoms with van der Waals surface area (Å²) < 4.78 is 2.15. The highest BCUT2D eigenvalue weighted by Crippen LogP contribution is 2.18. The summed E-state index contributed by atoms with van der Waals surface area (Å²) in [4.78, 5) is 11.9. The highest BCUT2D eigenvalue weighted by molar-refractivity contribution is 5.95. The lowest BCUT2D eigenvalue weighted by Crippen LogP contribution is -2.22. The van der Waals surface area contributed by atoms with E-state index < -0.39 is 0 Å². The molecule has 21 heavy (non-hydrogen) atoms. The zero-order valence-corrected chi connectivity index (χ0v) is 12.9. The van der Waals surface area contributed by atoms with Crippen LogP contribution in [0.25, 0.3) is 0 Å². The highest BCUT2D eigenvalue weighted by Gasteiger charge is 2.07. The maximum absolute atomic E-state index is 11.9. The Labute approximate surface area is 126 Å². The zero-order valence-electron chi connectivity index (χ0n) is 12.9. The Morgan fingerprint density at radius 3 is 2.71 bits per heavy atom. The largest absolute Gasteiger partial charge is 0.381 e. The Bertz CT molecular complexity index is 616. The Kier molecular flexibility index (Phi) is 5.04. The van der Waals surface area contributed by atoms with Gasteiger partial charge in [-0.05, 0) is 50.1 Å². The van der Waals surface area contributed by atoms with Gasteiger partial charge in [-0.1, -0.05) is 6.07 Å². The molecule has 112 valence electrons. The number of aromatic nitrogens is 1. The van der Waals surface area contributed by atoms with Crippen LogP contribution >= 0.6 is 0 Å². The van der Waals surface area contributed by atoms with Crippen molar-refractivity contribution in [1.29, 1.82) is 0 Å². The molecule has 2 N–H and O–H groups in total. The highest BCUT2D eigenvalue weighted by atomic mass is 16.1. The molecule has 2 aromatic rings. The molecule has 0 aliphatic carbocycles. The minimum Gasteiger partial charge on any atom is -0.381 e. The molecule has 0 radical (unpaired) electrons. The van der Waals surface area contributed by atoms with Gasteiger partial charge < -0.3 is 15.2 Å². The van der Waals surface area contributed by atoms with Gasteiger partial charge >= 0.3 is 0 Å². The van der Waals surface area contributed by atoms with Crippen molar-refractivity contribution in [2.75, 3.05) is 11.9 Å². The van der Waals surface area contributed by atoms with Gasteiger partial charge in [0.1, 0.15) is 0 Å². The number of hydrogen-bond acceptors (Lipinski definition) is 2. The van der Waals surface area contributed by atoms with Crippen LogP contribution in [0.3, 0.4) is 0 Å². The predicted molar refractivity (Wildman–Crippen MR) is 86.6 cm³/mol. The minimum atomic E-state index is -0.0299. The predicted octanol–water partition coefficient (Wildman–Crippen LogP) is 3.18. The molecule has 0 unspecified atom stereocenters. The van der Waals surface area contributed by atoms with Gasteiger partial charge in [-0.25, -0.2) is 0 Å². The number of benzene rings is 1. The lowest BCUT2D eigenvalue weighted by molar-refractivity contribution is 0.0956. The number of carbonyl (C=O) groups excluding carboxylic acids is 1. The van der Waals surface area contributed by atoms with Crippen LogP contribution in [0.4, 0.5) is 5.69 Å². The molecule has 0 aliphatic heterocycles. The third-order valence-electron chi connectivity index (χ3n) is 3.50. The van der Waals surface area contributed by atoms with E-state index in [2.05, 4.69) is 40.6 Å². The zero-order chi connectivity index (χ0) is 15.2. The summed E-state index contributed by atoms with van der Waals surface area (Å²) >= 11 is 0. The van der Waals surface area contributed by atoms with E-state index in [1.54, 1.807) is 0 Å². The summed E-state index contributed by atoms with van der Waals surface area (Å²) in [5, 5.41) is 6.23. The van der Waals surface area contributed by atoms with Crippen molar-refractivity contribution in [2.45, 2.75) is 33.9 Å². The van der Waals surface area contributed by atoms with Gasteiger partial charge in [0.05, 0.1) is 0 Å². The SMILES string of the molecule is CCNC(=O)c1ccc(C)c(NCc2ccn(CC)c2)c1. The fourth-order valence-corrected chi connectivity index (χ4v) is 2.21. The number of amides is 1. The average molecular weight is 285 g/mol. The molecule has 0 saturated carbocycles. The summed E-state index contributed by atoms with van der Waals surface area (Å²) in [6.07, 6.45) is 4.21. The molecule has 1 aromatic carbocycles. The Hall–Kier alpha value is -2.23. The van der Waals surface area contributed by atoms with Crippen LogP contribution in [-0.2, 0) is 13.1 Å². The van der Waals surface area contributed by atoms with Crippen LogP contribution in [0.2, 0.25) is 0 Å². The quantitative estimate of drug-likeness (QED) is 0.856. The van der Waals surface area contributed by atoms with Crippen LogP contribution in [0.1, 0.15) is 35.3 Å². The Morgan fingerprint density at radius 1 is 1.24 bits per heavy atom. The molecule has 1 aromatic heterocycles. The molecule has 0 fully saturated rings. The molecular formula is C17H23N3O. The topological polar surface area (TPSA) is 46.1 Å². The second-order valence-corrected chi connectivity index (χ2v) is 5.09. The second kappa shape index (κ2) is 6.97. The monoisotopic (exact) mass is 285 g/mol. The van der Waals surface area contributed by atoms with Gasteiger partial charge in [-0.2, -0.15) is 0 Å². The van der Waals surface area contributed by atoms with Crippen LogP contribution < -0.4 is 10.6 Å². The molecule has 0 aliphatic rings. The lowest BCUT2D eigenvalue weighted by Gasteiger charge is -2.11. The Morgan fingerprint density at radius 2 is 2.05 bits per heavy atom. The molecule has 1 heterocycles. The Balaban J connectivity index is 2.08. The number of nitrogens with one attached hydrogen (secondary N) is 2. The number of carbonyl (C=O) groups is 1. The minimum absolute atomic E-state index is 0.0299. The summed E-state index contributed by atoms with van der Waals surface area (Å²) in [5.41, 5.74) is 4.07. The van der Waals surface area contributed by atoms with Crippen LogP contribution in [0.15, 0.2) is 36.7 Å². The summed E-state index contributed by atoms with van der Waals surface area (Å²) in [5.74, 6) is -0.0299. The van der Waals surface area contributed by atoms with Crippen molar-refractivity contribution in [3.8, 4) is 0 Å². The summed E-state index contributed by atoms with van der Waals surface area (Å²) in [7, 11) is 0. The first-order chi connectivity index (χ1) is 10.1. The molecule has 0 saturated heterocycles. The van der Waals surface area contributed by atoms with Gasteiger partial charge in [0.15, 0.2) is 0 Å². The third kappa shape index (κ3) is 3.88. The normalized spacial score (nSPS) is 10.4. The van der Waals surface area contributed by atoms with E-state index in [4.69, 9.17) is 0 Å². The van der Waals surface area contributed by atoms with Crippen molar-refractivity contribution >= 4 is 11.6 Å². The van der Waals surface area contributed by atoms with Crippen LogP contribution in [0, 0.1) is 6.92 Å². The number of aryl methyl sites for hydroxylation is 2. The maximum atomic E-state index is 11.9. The van der Waals surface area contributed by atoms with Crippen molar-refractivity contribution in [3.63, 3.8) is 0 Å². The van der Waals surface area contributed by atoms with E-state index >= 15 is 0 Å². The number of anilines is 1. The van der Waals surface area contributed by atoms with Gasteiger partial charge in [0.25, 0.3) is 5.91 Å². The van der Waals surface area contributed by atoms with E-state index in [1.807, 2.05) is 32.0 Å². The first kappa shape index (κ1) is 15.2. The van der Waals surface area contributed by atoms with Crippen molar-refractivity contribution < 1.29 is 4.79 Å². The van der Waals surface area contributed by atoms with E-state index in [0.717, 1.165) is 24.3 Å². The molecule has 2 rings (SSSR count). The molecule has 4 heteroatoms. The third-order valence-corrected chi connectivity index (χ3v) is 3.50. The first-order valence-corrected chi connectivity index (χ1v) is 7.41. The van der Waals surface area contributed by atoms with Gasteiger partial charge in [-0.3, -0.25) is 4.79 Å².